The highest BCUT2D eigenvalue weighted by Gasteiger charge is 2.52. The molecule has 0 amide bonds. The molecule has 1 saturated heterocycles. The van der Waals surface area contributed by atoms with Gasteiger partial charge in [0, 0.05) is 37.0 Å². The minimum Gasteiger partial charge on any atom is -0.334 e. The summed E-state index contributed by atoms with van der Waals surface area (Å²) < 4.78 is 1.99. The van der Waals surface area contributed by atoms with E-state index in [1.165, 1.54) is 0 Å². The van der Waals surface area contributed by atoms with Gasteiger partial charge in [0.1, 0.15) is 5.78 Å². The maximum Gasteiger partial charge on any atom is 0.142 e. The molecule has 5 rings (SSSR count). The molecule has 0 N–H and O–H groups in total. The molecule has 1 spiro atoms. The van der Waals surface area contributed by atoms with E-state index in [1.54, 1.807) is 6.33 Å². The van der Waals surface area contributed by atoms with E-state index in [9.17, 15) is 4.79 Å². The van der Waals surface area contributed by atoms with E-state index in [0.717, 1.165) is 53.8 Å². The summed E-state index contributed by atoms with van der Waals surface area (Å²) in [6, 6.07) is 8.10. The van der Waals surface area contributed by atoms with Gasteiger partial charge >= 0.3 is 0 Å². The van der Waals surface area contributed by atoms with Crippen molar-refractivity contribution in [2.75, 3.05) is 20.1 Å². The lowest BCUT2D eigenvalue weighted by Crippen LogP contribution is -2.61. The maximum atomic E-state index is 12.6. The van der Waals surface area contributed by atoms with E-state index >= 15 is 0 Å². The fourth-order valence-corrected chi connectivity index (χ4v) is 4.86. The Morgan fingerprint density at radius 2 is 2.00 bits per heavy atom. The van der Waals surface area contributed by atoms with Crippen LogP contribution in [0.3, 0.4) is 0 Å². The number of carbonyl (C=O) groups excluding carboxylic acids is 1. The Labute approximate surface area is 158 Å². The summed E-state index contributed by atoms with van der Waals surface area (Å²) in [6.07, 6.45) is 6.11. The van der Waals surface area contributed by atoms with Crippen molar-refractivity contribution in [3.05, 3.63) is 42.5 Å². The number of carbonyl (C=O) groups is 1. The zero-order chi connectivity index (χ0) is 18.6. The summed E-state index contributed by atoms with van der Waals surface area (Å²) in [5.74, 6) is 0.517. The molecule has 2 aromatic heterocycles. The molecule has 27 heavy (non-hydrogen) atoms. The topological polar surface area (TPSA) is 63.9 Å². The molecule has 3 heterocycles. The second-order valence-electron chi connectivity index (χ2n) is 8.42. The molecule has 0 unspecified atom stereocenters. The summed E-state index contributed by atoms with van der Waals surface area (Å²) in [4.78, 5) is 19.2. The number of rotatable bonds is 4. The Morgan fingerprint density at radius 3 is 2.70 bits per heavy atom. The van der Waals surface area contributed by atoms with Gasteiger partial charge in [-0.15, -0.1) is 0 Å². The molecule has 1 aromatic carbocycles. The van der Waals surface area contributed by atoms with Crippen LogP contribution < -0.4 is 0 Å². The average Bonchev–Trinajstić information content (AvgIpc) is 3.02. The van der Waals surface area contributed by atoms with Crippen LogP contribution in [-0.2, 0) is 18.3 Å². The fraction of sp³-hybridized carbons (Fsp3) is 0.429. The number of likely N-dealkylation sites (tertiary alicyclic amines) is 1. The number of aromatic nitrogens is 4. The molecule has 2 aliphatic rings. The second kappa shape index (κ2) is 5.96. The zero-order valence-corrected chi connectivity index (χ0v) is 15.7. The predicted octanol–water partition coefficient (Wildman–Crippen LogP) is 2.48. The Morgan fingerprint density at radius 1 is 1.19 bits per heavy atom. The molecule has 3 aromatic rings. The summed E-state index contributed by atoms with van der Waals surface area (Å²) in [7, 11) is 4.12. The molecule has 2 fully saturated rings. The SMILES string of the molecule is CN1CC2(CC(C(=O)Cc3cc4cc(-c5cncn5C)ccc4nn3)C2)C1. The predicted molar refractivity (Wildman–Crippen MR) is 103 cm³/mol. The van der Waals surface area contributed by atoms with E-state index < -0.39 is 0 Å². The van der Waals surface area contributed by atoms with Gasteiger partial charge in [-0.2, -0.15) is 10.2 Å². The molecule has 0 atom stereocenters. The number of Topliss-reactive ketones (excluding diaryl/α,β-unsaturated/α-hetero) is 1. The minimum absolute atomic E-state index is 0.206. The first-order valence-corrected chi connectivity index (χ1v) is 9.46. The van der Waals surface area contributed by atoms with Crippen LogP contribution in [-0.4, -0.2) is 50.6 Å². The number of benzene rings is 1. The van der Waals surface area contributed by atoms with Crippen LogP contribution in [0.1, 0.15) is 18.5 Å². The van der Waals surface area contributed by atoms with Crippen LogP contribution in [0.4, 0.5) is 0 Å². The maximum absolute atomic E-state index is 12.6. The van der Waals surface area contributed by atoms with Crippen molar-refractivity contribution >= 4 is 16.7 Å². The lowest BCUT2D eigenvalue weighted by atomic mass is 9.56. The highest BCUT2D eigenvalue weighted by atomic mass is 16.1. The van der Waals surface area contributed by atoms with E-state index in [0.29, 0.717) is 17.6 Å². The van der Waals surface area contributed by atoms with Crippen molar-refractivity contribution in [3.8, 4) is 11.3 Å². The molecular formula is C21H23N5O. The number of aryl methyl sites for hydroxylation is 1. The summed E-state index contributed by atoms with van der Waals surface area (Å²) >= 11 is 0. The van der Waals surface area contributed by atoms with Crippen molar-refractivity contribution in [2.24, 2.45) is 18.4 Å². The lowest BCUT2D eigenvalue weighted by Gasteiger charge is -2.58. The number of hydrogen-bond donors (Lipinski definition) is 0. The van der Waals surface area contributed by atoms with Crippen LogP contribution in [0, 0.1) is 11.3 Å². The largest absolute Gasteiger partial charge is 0.334 e. The molecule has 0 radical (unpaired) electrons. The third kappa shape index (κ3) is 2.84. The number of imidazole rings is 1. The second-order valence-corrected chi connectivity index (χ2v) is 8.42. The van der Waals surface area contributed by atoms with Crippen molar-refractivity contribution in [3.63, 3.8) is 0 Å². The first kappa shape index (κ1) is 16.6. The normalized spacial score (nSPS) is 19.2. The Hall–Kier alpha value is -2.60. The minimum atomic E-state index is 0.206. The van der Waals surface area contributed by atoms with Crippen LogP contribution in [0.25, 0.3) is 22.2 Å². The summed E-state index contributed by atoms with van der Waals surface area (Å²) in [6.45, 7) is 2.28. The fourth-order valence-electron chi connectivity index (χ4n) is 4.86. The van der Waals surface area contributed by atoms with Gasteiger partial charge < -0.3 is 9.47 Å². The standard InChI is InChI=1S/C21H23N5O/c1-25-11-21(12-25)8-16(9-21)20(27)7-17-6-15-5-14(3-4-18(15)24-23-17)19-10-22-13-26(19)2/h3-6,10,13,16H,7-9,11-12H2,1-2H3. The zero-order valence-electron chi connectivity index (χ0n) is 15.7. The first-order chi connectivity index (χ1) is 13.0. The average molecular weight is 361 g/mol. The third-order valence-electron chi connectivity index (χ3n) is 6.13. The van der Waals surface area contributed by atoms with E-state index in [4.69, 9.17) is 0 Å². The van der Waals surface area contributed by atoms with Crippen LogP contribution >= 0.6 is 0 Å². The van der Waals surface area contributed by atoms with Gasteiger partial charge in [-0.25, -0.2) is 4.98 Å². The lowest BCUT2D eigenvalue weighted by molar-refractivity contribution is -0.139. The van der Waals surface area contributed by atoms with Gasteiger partial charge in [0.05, 0.1) is 35.8 Å². The Kier molecular flexibility index (Phi) is 3.65. The highest BCUT2D eigenvalue weighted by Crippen LogP contribution is 2.51. The van der Waals surface area contributed by atoms with Gasteiger partial charge in [-0.05, 0) is 43.5 Å². The Bertz CT molecular complexity index is 1030. The highest BCUT2D eigenvalue weighted by molar-refractivity contribution is 5.87. The van der Waals surface area contributed by atoms with Gasteiger partial charge in [-0.1, -0.05) is 6.07 Å². The first-order valence-electron chi connectivity index (χ1n) is 9.46. The molecule has 6 heteroatoms. The molecule has 0 bridgehead atoms. The molecule has 138 valence electrons. The van der Waals surface area contributed by atoms with Crippen LogP contribution in [0.15, 0.2) is 36.8 Å². The molecule has 1 aliphatic heterocycles. The Balaban J connectivity index is 1.33. The van der Waals surface area contributed by atoms with Gasteiger partial charge in [0.2, 0.25) is 0 Å². The van der Waals surface area contributed by atoms with Crippen LogP contribution in [0.5, 0.6) is 0 Å². The monoisotopic (exact) mass is 361 g/mol. The van der Waals surface area contributed by atoms with Gasteiger partial charge in [0.25, 0.3) is 0 Å². The van der Waals surface area contributed by atoms with Crippen molar-refractivity contribution in [1.82, 2.24) is 24.6 Å². The van der Waals surface area contributed by atoms with Gasteiger partial charge in [0.15, 0.2) is 0 Å². The molecule has 1 saturated carbocycles. The van der Waals surface area contributed by atoms with E-state index in [2.05, 4.69) is 33.2 Å². The number of ketones is 1. The molecule has 1 aliphatic carbocycles. The molecule has 6 nitrogen and oxygen atoms in total. The summed E-state index contributed by atoms with van der Waals surface area (Å²) in [5, 5.41) is 9.61. The number of nitrogens with zero attached hydrogens (tertiary/aromatic N) is 5. The van der Waals surface area contributed by atoms with Crippen LogP contribution in [0.2, 0.25) is 0 Å². The third-order valence-corrected chi connectivity index (χ3v) is 6.13. The van der Waals surface area contributed by atoms with E-state index in [-0.39, 0.29) is 5.92 Å². The summed E-state index contributed by atoms with van der Waals surface area (Å²) in [5.41, 5.74) is 4.18. The van der Waals surface area contributed by atoms with Crippen molar-refractivity contribution < 1.29 is 4.79 Å². The quantitative estimate of drug-likeness (QED) is 0.714. The van der Waals surface area contributed by atoms with Gasteiger partial charge in [-0.3, -0.25) is 4.79 Å². The number of fused-ring (bicyclic) bond motifs is 1. The smallest absolute Gasteiger partial charge is 0.142 e. The number of hydrogen-bond acceptors (Lipinski definition) is 5. The van der Waals surface area contributed by atoms with E-state index in [1.807, 2.05) is 36.0 Å². The van der Waals surface area contributed by atoms with Crippen molar-refractivity contribution in [1.29, 1.82) is 0 Å². The van der Waals surface area contributed by atoms with Crippen molar-refractivity contribution in [2.45, 2.75) is 19.3 Å². The molecular weight excluding hydrogens is 338 g/mol.